The number of amides is 1. The molecule has 9 heteroatoms. The molecule has 2 heterocycles. The third-order valence-electron chi connectivity index (χ3n) is 3.73. The second-order valence-electron chi connectivity index (χ2n) is 5.49. The van der Waals surface area contributed by atoms with Crippen LogP contribution in [0, 0.1) is 0 Å². The lowest BCUT2D eigenvalue weighted by Gasteiger charge is -2.15. The van der Waals surface area contributed by atoms with E-state index in [1.54, 1.807) is 12.1 Å². The van der Waals surface area contributed by atoms with Crippen LogP contribution in [-0.2, 0) is 14.8 Å². The van der Waals surface area contributed by atoms with Crippen molar-refractivity contribution in [2.45, 2.75) is 23.6 Å². The molecule has 3 N–H and O–H groups in total. The fraction of sp³-hybridized carbons (Fsp3) is 0.250. The van der Waals surface area contributed by atoms with Crippen molar-refractivity contribution in [2.75, 3.05) is 11.9 Å². The fourth-order valence-electron chi connectivity index (χ4n) is 2.38. The standard InChI is InChI=1S/C16H17N3O5S/c20-15(11-5-8-17-9-6-11)18-12-1-3-13(4-2-12)25(22,23)19-14-7-10-24-16(14)21/h1-6,8-9,14,16,19,21H,7,10H2,(H,18,20)/t14-,16-/m0/s1. The molecule has 0 unspecified atom stereocenters. The van der Waals surface area contributed by atoms with Gasteiger partial charge in [-0.15, -0.1) is 0 Å². The summed E-state index contributed by atoms with van der Waals surface area (Å²) in [7, 11) is -3.78. The molecule has 0 bridgehead atoms. The van der Waals surface area contributed by atoms with Crippen LogP contribution in [0.4, 0.5) is 5.69 Å². The van der Waals surface area contributed by atoms with E-state index in [-0.39, 0.29) is 10.8 Å². The molecule has 0 radical (unpaired) electrons. The predicted molar refractivity (Wildman–Crippen MR) is 89.3 cm³/mol. The van der Waals surface area contributed by atoms with E-state index >= 15 is 0 Å². The summed E-state index contributed by atoms with van der Waals surface area (Å²) in [5.41, 5.74) is 0.911. The third kappa shape index (κ3) is 4.20. The van der Waals surface area contributed by atoms with E-state index in [9.17, 15) is 18.3 Å². The van der Waals surface area contributed by atoms with Crippen LogP contribution < -0.4 is 10.0 Å². The van der Waals surface area contributed by atoms with Crippen LogP contribution in [0.15, 0.2) is 53.7 Å². The van der Waals surface area contributed by atoms with Crippen molar-refractivity contribution in [3.05, 3.63) is 54.4 Å². The summed E-state index contributed by atoms with van der Waals surface area (Å²) in [5.74, 6) is -0.317. The Bertz CT molecular complexity index is 840. The number of sulfonamides is 1. The SMILES string of the molecule is O=C(Nc1ccc(S(=O)(=O)N[C@H]2CCO[C@@H]2O)cc1)c1ccncc1. The Hall–Kier alpha value is -2.33. The monoisotopic (exact) mass is 363 g/mol. The third-order valence-corrected chi connectivity index (χ3v) is 5.24. The molecule has 1 saturated heterocycles. The zero-order chi connectivity index (χ0) is 17.9. The number of pyridine rings is 1. The summed E-state index contributed by atoms with van der Waals surface area (Å²) >= 11 is 0. The highest BCUT2D eigenvalue weighted by molar-refractivity contribution is 7.89. The van der Waals surface area contributed by atoms with E-state index in [2.05, 4.69) is 15.0 Å². The number of aliphatic hydroxyl groups excluding tert-OH is 1. The molecule has 2 atom stereocenters. The molecule has 132 valence electrons. The van der Waals surface area contributed by atoms with Gasteiger partial charge in [0.1, 0.15) is 0 Å². The van der Waals surface area contributed by atoms with Crippen LogP contribution in [0.2, 0.25) is 0 Å². The molecule has 3 rings (SSSR count). The summed E-state index contributed by atoms with van der Waals surface area (Å²) < 4.78 is 32.0. The number of carbonyl (C=O) groups is 1. The number of benzene rings is 1. The second kappa shape index (κ2) is 7.28. The zero-order valence-electron chi connectivity index (χ0n) is 13.1. The van der Waals surface area contributed by atoms with Crippen LogP contribution in [0.3, 0.4) is 0 Å². The fourth-order valence-corrected chi connectivity index (χ4v) is 3.65. The van der Waals surface area contributed by atoms with Gasteiger partial charge in [-0.2, -0.15) is 0 Å². The Labute approximate surface area is 144 Å². The number of hydrogen-bond donors (Lipinski definition) is 3. The minimum Gasteiger partial charge on any atom is -0.367 e. The van der Waals surface area contributed by atoms with Gasteiger partial charge in [0.15, 0.2) is 6.29 Å². The van der Waals surface area contributed by atoms with Gasteiger partial charge in [-0.1, -0.05) is 0 Å². The van der Waals surface area contributed by atoms with E-state index in [0.717, 1.165) is 0 Å². The molecular formula is C16H17N3O5S. The second-order valence-corrected chi connectivity index (χ2v) is 7.21. The summed E-state index contributed by atoms with van der Waals surface area (Å²) in [6.07, 6.45) is 2.28. The number of nitrogens with one attached hydrogen (secondary N) is 2. The Kier molecular flexibility index (Phi) is 5.09. The molecule has 0 spiro atoms. The summed E-state index contributed by atoms with van der Waals surface area (Å²) in [6, 6.07) is 8.24. The average molecular weight is 363 g/mol. The van der Waals surface area contributed by atoms with E-state index in [1.165, 1.54) is 36.7 Å². The molecule has 2 aromatic rings. The summed E-state index contributed by atoms with van der Waals surface area (Å²) in [6.45, 7) is 0.300. The van der Waals surface area contributed by atoms with Gasteiger partial charge < -0.3 is 15.2 Å². The largest absolute Gasteiger partial charge is 0.367 e. The number of hydrogen-bond acceptors (Lipinski definition) is 6. The van der Waals surface area contributed by atoms with Crippen molar-refractivity contribution in [2.24, 2.45) is 0 Å². The molecule has 1 aromatic carbocycles. The van der Waals surface area contributed by atoms with Crippen LogP contribution in [0.1, 0.15) is 16.8 Å². The first kappa shape index (κ1) is 17.5. The Morgan fingerprint density at radius 2 is 1.84 bits per heavy atom. The maximum atomic E-state index is 12.3. The molecule has 0 saturated carbocycles. The Morgan fingerprint density at radius 3 is 2.44 bits per heavy atom. The quantitative estimate of drug-likeness (QED) is 0.720. The van der Waals surface area contributed by atoms with Crippen LogP contribution in [0.25, 0.3) is 0 Å². The smallest absolute Gasteiger partial charge is 0.255 e. The number of ether oxygens (including phenoxy) is 1. The van der Waals surface area contributed by atoms with E-state index < -0.39 is 22.4 Å². The first-order valence-corrected chi connectivity index (χ1v) is 9.07. The summed E-state index contributed by atoms with van der Waals surface area (Å²) in [4.78, 5) is 15.9. The van der Waals surface area contributed by atoms with Gasteiger partial charge in [-0.05, 0) is 42.8 Å². The molecule has 1 fully saturated rings. The number of anilines is 1. The average Bonchev–Trinajstić information content (AvgIpc) is 3.00. The first-order chi connectivity index (χ1) is 12.0. The molecule has 1 aromatic heterocycles. The highest BCUT2D eigenvalue weighted by Gasteiger charge is 2.30. The molecule has 1 aliphatic rings. The molecule has 1 aliphatic heterocycles. The molecule has 0 aliphatic carbocycles. The lowest BCUT2D eigenvalue weighted by Crippen LogP contribution is -2.40. The van der Waals surface area contributed by atoms with Crippen molar-refractivity contribution in [3.8, 4) is 0 Å². The van der Waals surface area contributed by atoms with Gasteiger partial charge >= 0.3 is 0 Å². The zero-order valence-corrected chi connectivity index (χ0v) is 13.9. The van der Waals surface area contributed by atoms with Crippen molar-refractivity contribution in [1.29, 1.82) is 0 Å². The summed E-state index contributed by atoms with van der Waals surface area (Å²) in [5, 5.41) is 12.2. The maximum absolute atomic E-state index is 12.3. The van der Waals surface area contributed by atoms with E-state index in [1.807, 2.05) is 0 Å². The number of nitrogens with zero attached hydrogens (tertiary/aromatic N) is 1. The van der Waals surface area contributed by atoms with Gasteiger partial charge in [-0.25, -0.2) is 13.1 Å². The lowest BCUT2D eigenvalue weighted by molar-refractivity contribution is -0.0686. The Balaban J connectivity index is 1.68. The van der Waals surface area contributed by atoms with Gasteiger partial charge in [-0.3, -0.25) is 9.78 Å². The van der Waals surface area contributed by atoms with Gasteiger partial charge in [0.25, 0.3) is 5.91 Å². The van der Waals surface area contributed by atoms with Crippen molar-refractivity contribution in [3.63, 3.8) is 0 Å². The van der Waals surface area contributed by atoms with Gasteiger partial charge in [0.2, 0.25) is 10.0 Å². The van der Waals surface area contributed by atoms with Crippen LogP contribution in [0.5, 0.6) is 0 Å². The highest BCUT2D eigenvalue weighted by Crippen LogP contribution is 2.18. The minimum absolute atomic E-state index is 0.0357. The maximum Gasteiger partial charge on any atom is 0.255 e. The van der Waals surface area contributed by atoms with Crippen molar-refractivity contribution in [1.82, 2.24) is 9.71 Å². The van der Waals surface area contributed by atoms with Gasteiger partial charge in [0.05, 0.1) is 17.5 Å². The number of rotatable bonds is 5. The lowest BCUT2D eigenvalue weighted by atomic mass is 10.2. The minimum atomic E-state index is -3.78. The van der Waals surface area contributed by atoms with E-state index in [0.29, 0.717) is 24.3 Å². The molecular weight excluding hydrogens is 346 g/mol. The number of aromatic nitrogens is 1. The van der Waals surface area contributed by atoms with Crippen molar-refractivity contribution < 1.29 is 23.1 Å². The number of carbonyl (C=O) groups excluding carboxylic acids is 1. The van der Waals surface area contributed by atoms with Gasteiger partial charge in [0, 0.05) is 23.6 Å². The predicted octanol–water partition coefficient (Wildman–Crippen LogP) is 0.719. The Morgan fingerprint density at radius 1 is 1.16 bits per heavy atom. The normalized spacial score (nSPS) is 20.4. The van der Waals surface area contributed by atoms with Crippen LogP contribution >= 0.6 is 0 Å². The topological polar surface area (TPSA) is 118 Å². The molecule has 25 heavy (non-hydrogen) atoms. The highest BCUT2D eigenvalue weighted by atomic mass is 32.2. The number of aliphatic hydroxyl groups is 1. The molecule has 8 nitrogen and oxygen atoms in total. The first-order valence-electron chi connectivity index (χ1n) is 7.59. The van der Waals surface area contributed by atoms with E-state index in [4.69, 9.17) is 4.74 Å². The van der Waals surface area contributed by atoms with Crippen molar-refractivity contribution >= 4 is 21.6 Å². The molecule has 1 amide bonds. The van der Waals surface area contributed by atoms with Crippen LogP contribution in [-0.4, -0.2) is 43.4 Å².